The fraction of sp³-hybridized carbons (Fsp3) is 0.417. The van der Waals surface area contributed by atoms with Crippen LogP contribution in [0, 0.1) is 11.6 Å². The first-order valence-electron chi connectivity index (χ1n) is 5.70. The van der Waals surface area contributed by atoms with Crippen LogP contribution in [0.25, 0.3) is 0 Å². The lowest BCUT2D eigenvalue weighted by Gasteiger charge is -2.17. The molecule has 0 aliphatic heterocycles. The second kappa shape index (κ2) is 5.32. The third kappa shape index (κ3) is 2.70. The van der Waals surface area contributed by atoms with Crippen molar-refractivity contribution in [2.45, 2.75) is 31.3 Å². The highest BCUT2D eigenvalue weighted by atomic mass is 79.9. The molecule has 1 aliphatic carbocycles. The van der Waals surface area contributed by atoms with Crippen molar-refractivity contribution >= 4 is 21.8 Å². The molecule has 3 N–H and O–H groups in total. The van der Waals surface area contributed by atoms with Gasteiger partial charge in [0.25, 0.3) is 5.91 Å². The molecule has 0 spiro atoms. The number of halogens is 3. The van der Waals surface area contributed by atoms with E-state index in [0.29, 0.717) is 0 Å². The summed E-state index contributed by atoms with van der Waals surface area (Å²) in [6.45, 7) is 0. The molecular formula is C12H13BrF2N2O. The molecule has 1 fully saturated rings. The number of nitrogens with one attached hydrogen (secondary N) is 1. The van der Waals surface area contributed by atoms with Crippen LogP contribution in [0.1, 0.15) is 29.6 Å². The Balaban J connectivity index is 2.19. The van der Waals surface area contributed by atoms with Crippen LogP contribution in [0.2, 0.25) is 0 Å². The molecule has 1 aromatic rings. The van der Waals surface area contributed by atoms with Gasteiger partial charge in [0.05, 0.1) is 0 Å². The maximum Gasteiger partial charge on any atom is 0.257 e. The number of amides is 1. The number of hydrogen-bond acceptors (Lipinski definition) is 2. The number of carbonyl (C=O) groups excluding carboxylic acids is 1. The van der Waals surface area contributed by atoms with Crippen LogP contribution < -0.4 is 11.1 Å². The third-order valence-corrected chi connectivity index (χ3v) is 3.58. The van der Waals surface area contributed by atoms with E-state index in [0.717, 1.165) is 31.4 Å². The van der Waals surface area contributed by atoms with E-state index in [4.69, 9.17) is 5.73 Å². The molecule has 1 saturated carbocycles. The molecule has 0 bridgehead atoms. The molecule has 3 nitrogen and oxygen atoms in total. The zero-order valence-corrected chi connectivity index (χ0v) is 11.1. The number of carbonyl (C=O) groups is 1. The van der Waals surface area contributed by atoms with Gasteiger partial charge in [-0.25, -0.2) is 8.78 Å². The van der Waals surface area contributed by atoms with Crippen molar-refractivity contribution in [3.05, 3.63) is 33.8 Å². The van der Waals surface area contributed by atoms with Gasteiger partial charge in [-0.15, -0.1) is 0 Å². The number of rotatable bonds is 2. The Bertz CT molecular complexity index is 458. The van der Waals surface area contributed by atoms with Crippen LogP contribution in [0.3, 0.4) is 0 Å². The van der Waals surface area contributed by atoms with E-state index < -0.39 is 23.1 Å². The molecule has 1 amide bonds. The minimum absolute atomic E-state index is 0.143. The van der Waals surface area contributed by atoms with Crippen LogP contribution in [0.15, 0.2) is 16.6 Å². The Hall–Kier alpha value is -1.01. The average Bonchev–Trinajstić information content (AvgIpc) is 2.62. The second-order valence-corrected chi connectivity index (χ2v) is 5.33. The molecule has 98 valence electrons. The first-order chi connectivity index (χ1) is 8.49. The zero-order valence-electron chi connectivity index (χ0n) is 9.55. The quantitative estimate of drug-likeness (QED) is 0.879. The first-order valence-corrected chi connectivity index (χ1v) is 6.49. The van der Waals surface area contributed by atoms with Gasteiger partial charge < -0.3 is 11.1 Å². The summed E-state index contributed by atoms with van der Waals surface area (Å²) in [6, 6.07) is 1.77. The van der Waals surface area contributed by atoms with Gasteiger partial charge in [-0.05, 0) is 31.4 Å². The van der Waals surface area contributed by atoms with Crippen molar-refractivity contribution in [1.82, 2.24) is 5.32 Å². The Kier molecular flexibility index (Phi) is 3.97. The summed E-state index contributed by atoms with van der Waals surface area (Å²) in [6.07, 6.45) is 2.47. The average molecular weight is 319 g/mol. The van der Waals surface area contributed by atoms with Crippen LogP contribution in [0.4, 0.5) is 8.78 Å². The van der Waals surface area contributed by atoms with Crippen LogP contribution in [-0.4, -0.2) is 18.0 Å². The van der Waals surface area contributed by atoms with Gasteiger partial charge in [0.15, 0.2) is 0 Å². The van der Waals surface area contributed by atoms with Gasteiger partial charge >= 0.3 is 0 Å². The molecular weight excluding hydrogens is 306 g/mol. The Labute approximate surface area is 112 Å². The summed E-state index contributed by atoms with van der Waals surface area (Å²) in [7, 11) is 0. The topological polar surface area (TPSA) is 55.1 Å². The van der Waals surface area contributed by atoms with Crippen molar-refractivity contribution in [3.8, 4) is 0 Å². The molecule has 18 heavy (non-hydrogen) atoms. The van der Waals surface area contributed by atoms with Gasteiger partial charge in [-0.3, -0.25) is 4.79 Å². The van der Waals surface area contributed by atoms with Crippen LogP contribution >= 0.6 is 15.9 Å². The lowest BCUT2D eigenvalue weighted by molar-refractivity contribution is 0.0926. The van der Waals surface area contributed by atoms with Gasteiger partial charge in [0.2, 0.25) is 0 Å². The standard InChI is InChI=1S/C12H13BrF2N2O/c13-6-4-7(14)11(8(15)5-6)12(18)17-10-3-1-2-9(10)16/h4-5,9-10H,1-3,16H2,(H,17,18). The molecule has 1 aromatic carbocycles. The molecule has 1 aliphatic rings. The summed E-state index contributed by atoms with van der Waals surface area (Å²) >= 11 is 2.96. The lowest BCUT2D eigenvalue weighted by Crippen LogP contribution is -2.44. The van der Waals surface area contributed by atoms with E-state index in [9.17, 15) is 13.6 Å². The molecule has 6 heteroatoms. The minimum Gasteiger partial charge on any atom is -0.348 e. The second-order valence-electron chi connectivity index (χ2n) is 4.42. The van der Waals surface area contributed by atoms with Crippen molar-refractivity contribution in [1.29, 1.82) is 0 Å². The van der Waals surface area contributed by atoms with Crippen molar-refractivity contribution in [2.24, 2.45) is 5.73 Å². The van der Waals surface area contributed by atoms with Gasteiger partial charge in [0, 0.05) is 16.6 Å². The molecule has 0 radical (unpaired) electrons. The third-order valence-electron chi connectivity index (χ3n) is 3.12. The molecule has 2 atom stereocenters. The van der Waals surface area contributed by atoms with E-state index in [1.165, 1.54) is 0 Å². The maximum absolute atomic E-state index is 13.6. The number of nitrogens with two attached hydrogens (primary N) is 1. The van der Waals surface area contributed by atoms with Crippen molar-refractivity contribution < 1.29 is 13.6 Å². The first kappa shape index (κ1) is 13.4. The van der Waals surface area contributed by atoms with Crippen LogP contribution in [0.5, 0.6) is 0 Å². The normalized spacial score (nSPS) is 23.1. The highest BCUT2D eigenvalue weighted by molar-refractivity contribution is 9.10. The lowest BCUT2D eigenvalue weighted by atomic mass is 10.1. The van der Waals surface area contributed by atoms with E-state index in [2.05, 4.69) is 21.2 Å². The zero-order chi connectivity index (χ0) is 13.3. The minimum atomic E-state index is -0.883. The Morgan fingerprint density at radius 1 is 1.33 bits per heavy atom. The number of hydrogen-bond donors (Lipinski definition) is 2. The Morgan fingerprint density at radius 3 is 2.44 bits per heavy atom. The monoisotopic (exact) mass is 318 g/mol. The van der Waals surface area contributed by atoms with E-state index in [1.807, 2.05) is 0 Å². The maximum atomic E-state index is 13.6. The fourth-order valence-corrected chi connectivity index (χ4v) is 2.57. The predicted molar refractivity (Wildman–Crippen MR) is 67.1 cm³/mol. The van der Waals surface area contributed by atoms with E-state index >= 15 is 0 Å². The molecule has 0 heterocycles. The van der Waals surface area contributed by atoms with E-state index in [-0.39, 0.29) is 16.6 Å². The molecule has 0 saturated heterocycles. The highest BCUT2D eigenvalue weighted by Crippen LogP contribution is 2.21. The Morgan fingerprint density at radius 2 is 1.94 bits per heavy atom. The summed E-state index contributed by atoms with van der Waals surface area (Å²) in [5.41, 5.74) is 5.24. The summed E-state index contributed by atoms with van der Waals surface area (Å²) in [4.78, 5) is 11.8. The highest BCUT2D eigenvalue weighted by Gasteiger charge is 2.27. The summed E-state index contributed by atoms with van der Waals surface area (Å²) in [5.74, 6) is -2.52. The number of benzene rings is 1. The van der Waals surface area contributed by atoms with Gasteiger partial charge in [-0.2, -0.15) is 0 Å². The van der Waals surface area contributed by atoms with Crippen molar-refractivity contribution in [2.75, 3.05) is 0 Å². The molecule has 2 rings (SSSR count). The summed E-state index contributed by atoms with van der Waals surface area (Å²) in [5, 5.41) is 2.59. The fourth-order valence-electron chi connectivity index (χ4n) is 2.17. The van der Waals surface area contributed by atoms with E-state index in [1.54, 1.807) is 0 Å². The largest absolute Gasteiger partial charge is 0.348 e. The van der Waals surface area contributed by atoms with Crippen LogP contribution in [-0.2, 0) is 0 Å². The molecule has 0 aromatic heterocycles. The summed E-state index contributed by atoms with van der Waals surface area (Å²) < 4.78 is 27.4. The molecule has 2 unspecified atom stereocenters. The van der Waals surface area contributed by atoms with Gasteiger partial charge in [-0.1, -0.05) is 15.9 Å². The van der Waals surface area contributed by atoms with Crippen molar-refractivity contribution in [3.63, 3.8) is 0 Å². The van der Waals surface area contributed by atoms with Gasteiger partial charge in [0.1, 0.15) is 17.2 Å². The smallest absolute Gasteiger partial charge is 0.257 e. The SMILES string of the molecule is NC1CCCC1NC(=O)c1c(F)cc(Br)cc1F. The predicted octanol–water partition coefficient (Wildman–Crippen LogP) is 2.34.